The number of aliphatic imine (C=N–C) groups is 2. The van der Waals surface area contributed by atoms with Gasteiger partial charge < -0.3 is 29.7 Å². The predicted molar refractivity (Wildman–Crippen MR) is 129 cm³/mol. The Morgan fingerprint density at radius 2 is 1.61 bits per heavy atom. The second-order valence-corrected chi connectivity index (χ2v) is 7.69. The summed E-state index contributed by atoms with van der Waals surface area (Å²) in [5.41, 5.74) is 6.67. The van der Waals surface area contributed by atoms with Crippen molar-refractivity contribution in [3.8, 4) is 0 Å². The van der Waals surface area contributed by atoms with E-state index in [4.69, 9.17) is 29.7 Å². The van der Waals surface area contributed by atoms with E-state index in [2.05, 4.69) is 42.9 Å². The van der Waals surface area contributed by atoms with E-state index < -0.39 is 0 Å². The Balaban J connectivity index is 0.00000480. The first-order valence-electron chi connectivity index (χ1n) is 10.4. The van der Waals surface area contributed by atoms with Crippen molar-refractivity contribution in [3.05, 3.63) is 23.7 Å². The zero-order valence-corrected chi connectivity index (χ0v) is 21.0. The van der Waals surface area contributed by atoms with Crippen LogP contribution in [-0.4, -0.2) is 52.8 Å². The van der Waals surface area contributed by atoms with Gasteiger partial charge in [-0.2, -0.15) is 10.2 Å². The van der Waals surface area contributed by atoms with Crippen molar-refractivity contribution in [2.24, 2.45) is 20.2 Å². The van der Waals surface area contributed by atoms with Crippen molar-refractivity contribution >= 4 is 47.0 Å². The molecule has 0 saturated carbocycles. The molecule has 2 heterocycles. The summed E-state index contributed by atoms with van der Waals surface area (Å²) in [6.07, 6.45) is 3.76. The van der Waals surface area contributed by atoms with Gasteiger partial charge in [-0.15, -0.1) is 0 Å². The van der Waals surface area contributed by atoms with Crippen LogP contribution < -0.4 is 10.9 Å². The molecule has 8 nitrogen and oxygen atoms in total. The van der Waals surface area contributed by atoms with Crippen LogP contribution in [0.5, 0.6) is 0 Å². The van der Waals surface area contributed by atoms with Crippen LogP contribution in [0.2, 0.25) is 0 Å². The van der Waals surface area contributed by atoms with Crippen LogP contribution in [0.25, 0.3) is 0 Å². The molecule has 1 saturated heterocycles. The fourth-order valence-corrected chi connectivity index (χ4v) is 3.50. The van der Waals surface area contributed by atoms with Crippen molar-refractivity contribution in [1.82, 2.24) is 15.8 Å². The van der Waals surface area contributed by atoms with Crippen molar-refractivity contribution < 1.29 is 21.5 Å². The van der Waals surface area contributed by atoms with E-state index in [0.29, 0.717) is 40.6 Å². The summed E-state index contributed by atoms with van der Waals surface area (Å²) in [6, 6.07) is 4.11. The van der Waals surface area contributed by atoms with Gasteiger partial charge in [-0.25, -0.2) is 0 Å². The molecule has 0 unspecified atom stereocenters. The summed E-state index contributed by atoms with van der Waals surface area (Å²) in [5.74, 6) is 1.50. The molecule has 2 rings (SSSR count). The summed E-state index contributed by atoms with van der Waals surface area (Å²) in [4.78, 5) is 10.7. The number of piperidine rings is 1. The van der Waals surface area contributed by atoms with Gasteiger partial charge in [0, 0.05) is 13.1 Å². The van der Waals surface area contributed by atoms with E-state index in [9.17, 15) is 0 Å². The van der Waals surface area contributed by atoms with E-state index in [1.807, 2.05) is 32.9 Å². The van der Waals surface area contributed by atoms with Crippen molar-refractivity contribution in [3.63, 3.8) is 0 Å². The number of nitrogens with zero attached hydrogens (tertiary/aromatic N) is 5. The maximum atomic E-state index is 6.18. The zero-order chi connectivity index (χ0) is 21.9. The minimum Gasteiger partial charge on any atom is -0.741 e. The Labute approximate surface area is 206 Å². The van der Waals surface area contributed by atoms with Gasteiger partial charge in [-0.3, -0.25) is 25.7 Å². The number of hydrazone groups is 2. The fraction of sp³-hybridized carbons (Fsp3) is 0.600. The third kappa shape index (κ3) is 8.86. The zero-order valence-electron chi connectivity index (χ0n) is 18.4. The molecule has 0 aromatic carbocycles. The summed E-state index contributed by atoms with van der Waals surface area (Å²) >= 11 is 10.3. The van der Waals surface area contributed by atoms with Crippen LogP contribution in [0.4, 0.5) is 0 Å². The van der Waals surface area contributed by atoms with Crippen molar-refractivity contribution in [2.75, 3.05) is 26.2 Å². The fourth-order valence-electron chi connectivity index (χ4n) is 3.15. The minimum absolute atomic E-state index is 0. The van der Waals surface area contributed by atoms with Gasteiger partial charge in [-0.05, 0) is 76.1 Å². The van der Waals surface area contributed by atoms with Crippen LogP contribution in [0.3, 0.4) is 0 Å². The number of furan rings is 1. The van der Waals surface area contributed by atoms with E-state index in [1.54, 1.807) is 0 Å². The predicted octanol–water partition coefficient (Wildman–Crippen LogP) is 2.93. The van der Waals surface area contributed by atoms with Gasteiger partial charge in [0.15, 0.2) is 5.76 Å². The summed E-state index contributed by atoms with van der Waals surface area (Å²) in [5, 5.41) is 9.33. The molecule has 1 radical (unpaired) electrons. The van der Waals surface area contributed by atoms with Crippen LogP contribution in [0.15, 0.2) is 36.7 Å². The van der Waals surface area contributed by atoms with Gasteiger partial charge in [0.2, 0.25) is 0 Å². The molecule has 0 spiro atoms. The van der Waals surface area contributed by atoms with Crippen LogP contribution in [0, 0.1) is 0 Å². The molecule has 31 heavy (non-hydrogen) atoms. The Morgan fingerprint density at radius 3 is 2.19 bits per heavy atom. The van der Waals surface area contributed by atoms with Crippen molar-refractivity contribution in [1.29, 1.82) is 0 Å². The molecule has 1 aliphatic heterocycles. The minimum atomic E-state index is 0. The molecule has 175 valence electrons. The molecule has 1 aliphatic rings. The Morgan fingerprint density at radius 1 is 1.03 bits per heavy atom. The average Bonchev–Trinajstić information content (AvgIpc) is 3.22. The number of hydrogen-bond donors (Lipinski definition) is 2. The third-order valence-electron chi connectivity index (χ3n) is 4.74. The SMILES string of the molecule is CCN=C([S-])N/N=C(/C(C)=N/NC([S-])=NCC)c1ccc([C@H](C)N2CCCCC2)o1.[Cu+2]. The Kier molecular flexibility index (Phi) is 12.9. The first-order valence-corrected chi connectivity index (χ1v) is 11.2. The first kappa shape index (κ1) is 27.5. The summed E-state index contributed by atoms with van der Waals surface area (Å²) in [7, 11) is 0. The summed E-state index contributed by atoms with van der Waals surface area (Å²) in [6.45, 7) is 11.2. The smallest absolute Gasteiger partial charge is 0.741 e. The summed E-state index contributed by atoms with van der Waals surface area (Å²) < 4.78 is 6.18. The van der Waals surface area contributed by atoms with E-state index >= 15 is 0 Å². The molecule has 0 aliphatic carbocycles. The maximum Gasteiger partial charge on any atom is 2.00 e. The number of nitrogens with one attached hydrogen (secondary N) is 2. The number of amidine groups is 2. The molecular weight excluding hydrogens is 482 g/mol. The largest absolute Gasteiger partial charge is 2.00 e. The Bertz CT molecular complexity index is 801. The average molecular weight is 513 g/mol. The van der Waals surface area contributed by atoms with E-state index in [1.165, 1.54) is 19.3 Å². The van der Waals surface area contributed by atoms with E-state index in [0.717, 1.165) is 18.8 Å². The van der Waals surface area contributed by atoms with Crippen LogP contribution in [-0.2, 0) is 42.3 Å². The third-order valence-corrected chi connectivity index (χ3v) is 5.18. The van der Waals surface area contributed by atoms with Crippen LogP contribution >= 0.6 is 0 Å². The first-order chi connectivity index (χ1) is 14.5. The number of likely N-dealkylation sites (tertiary alicyclic amines) is 1. The van der Waals surface area contributed by atoms with Gasteiger partial charge in [-0.1, -0.05) is 6.42 Å². The quantitative estimate of drug-likeness (QED) is 0.183. The van der Waals surface area contributed by atoms with Crippen molar-refractivity contribution in [2.45, 2.75) is 53.0 Å². The maximum absolute atomic E-state index is 6.18. The van der Waals surface area contributed by atoms with Crippen LogP contribution in [0.1, 0.15) is 64.5 Å². The molecule has 2 N–H and O–H groups in total. The normalized spacial score (nSPS) is 17.8. The molecular formula is C20H31CuN7OS2. The standard InChI is InChI=1S/C20H33N7OS2.Cu/c1-5-21-19(29)25-23-14(3)18(24-26-20(30)22-6-2)17-11-10-16(28-17)15(4)27-12-8-7-9-13-27;/h10-11,15H,5-9,12-13H2,1-4H3,(H2,21,25,29)(H2,22,26,30);/q;+2/p-2/b23-14+,24-18-;/t15-;/m0./s1. The van der Waals surface area contributed by atoms with Gasteiger partial charge in [0.1, 0.15) is 11.5 Å². The molecule has 0 amide bonds. The second kappa shape index (κ2) is 14.5. The monoisotopic (exact) mass is 512 g/mol. The topological polar surface area (TPSA) is 89.9 Å². The molecule has 0 bridgehead atoms. The molecule has 1 atom stereocenters. The second-order valence-electron chi connectivity index (χ2n) is 6.91. The number of rotatable bonds is 8. The van der Waals surface area contributed by atoms with Gasteiger partial charge in [0.25, 0.3) is 0 Å². The molecule has 1 aromatic rings. The Hall–Kier alpha value is -1.52. The molecule has 1 aromatic heterocycles. The number of hydrogen-bond acceptors (Lipinski definition) is 8. The van der Waals surface area contributed by atoms with Gasteiger partial charge >= 0.3 is 17.1 Å². The van der Waals surface area contributed by atoms with E-state index in [-0.39, 0.29) is 23.1 Å². The molecule has 11 heteroatoms. The van der Waals surface area contributed by atoms with Gasteiger partial charge in [0.05, 0.1) is 11.8 Å². The molecule has 1 fully saturated rings.